The molecule has 25 heavy (non-hydrogen) atoms. The maximum Gasteiger partial charge on any atom is 0.224 e. The van der Waals surface area contributed by atoms with Gasteiger partial charge in [-0.05, 0) is 41.8 Å². The van der Waals surface area contributed by atoms with Gasteiger partial charge in [0, 0.05) is 25.3 Å². The molecule has 2 aromatic carbocycles. The van der Waals surface area contributed by atoms with Crippen molar-refractivity contribution in [2.24, 2.45) is 0 Å². The van der Waals surface area contributed by atoms with Gasteiger partial charge in [-0.25, -0.2) is 4.39 Å². The Morgan fingerprint density at radius 1 is 1.00 bits per heavy atom. The Bertz CT molecular complexity index is 680. The summed E-state index contributed by atoms with van der Waals surface area (Å²) in [6.07, 6.45) is 1.06. The SMILES string of the molecule is O=C(Cc1ccc(F)cc1)NCCc1ccc(N2CCOCC2)cc1. The van der Waals surface area contributed by atoms with Crippen LogP contribution >= 0.6 is 0 Å². The van der Waals surface area contributed by atoms with Crippen molar-refractivity contribution in [1.29, 1.82) is 0 Å². The molecule has 0 atom stereocenters. The first kappa shape index (κ1) is 17.4. The highest BCUT2D eigenvalue weighted by Crippen LogP contribution is 2.16. The Morgan fingerprint density at radius 3 is 2.32 bits per heavy atom. The van der Waals surface area contributed by atoms with Crippen molar-refractivity contribution < 1.29 is 13.9 Å². The molecule has 0 aromatic heterocycles. The third kappa shape index (κ3) is 5.29. The van der Waals surface area contributed by atoms with E-state index in [9.17, 15) is 9.18 Å². The molecule has 1 N–H and O–H groups in total. The first-order valence-electron chi connectivity index (χ1n) is 8.63. The highest BCUT2D eigenvalue weighted by atomic mass is 19.1. The number of amides is 1. The van der Waals surface area contributed by atoms with E-state index in [1.54, 1.807) is 12.1 Å². The molecule has 2 aromatic rings. The predicted octanol–water partition coefficient (Wildman–Crippen LogP) is 2.56. The van der Waals surface area contributed by atoms with Gasteiger partial charge in [-0.3, -0.25) is 4.79 Å². The third-order valence-corrected chi connectivity index (χ3v) is 4.33. The summed E-state index contributed by atoms with van der Waals surface area (Å²) in [5.74, 6) is -0.332. The molecule has 0 unspecified atom stereocenters. The minimum Gasteiger partial charge on any atom is -0.378 e. The number of morpholine rings is 1. The smallest absolute Gasteiger partial charge is 0.224 e. The van der Waals surface area contributed by atoms with Crippen LogP contribution in [0.15, 0.2) is 48.5 Å². The normalized spacial score (nSPS) is 14.4. The van der Waals surface area contributed by atoms with Gasteiger partial charge < -0.3 is 15.0 Å². The lowest BCUT2D eigenvalue weighted by Gasteiger charge is -2.28. The van der Waals surface area contributed by atoms with Crippen LogP contribution in [0.2, 0.25) is 0 Å². The molecule has 1 fully saturated rings. The van der Waals surface area contributed by atoms with Crippen molar-refractivity contribution in [3.63, 3.8) is 0 Å². The van der Waals surface area contributed by atoms with Crippen molar-refractivity contribution in [3.8, 4) is 0 Å². The zero-order valence-corrected chi connectivity index (χ0v) is 14.2. The maximum absolute atomic E-state index is 12.9. The van der Waals surface area contributed by atoms with Crippen molar-refractivity contribution in [2.75, 3.05) is 37.7 Å². The predicted molar refractivity (Wildman–Crippen MR) is 96.3 cm³/mol. The molecule has 4 nitrogen and oxygen atoms in total. The molecule has 1 aliphatic rings. The number of hydrogen-bond acceptors (Lipinski definition) is 3. The van der Waals surface area contributed by atoms with Gasteiger partial charge in [0.15, 0.2) is 0 Å². The molecule has 0 bridgehead atoms. The summed E-state index contributed by atoms with van der Waals surface area (Å²) in [6, 6.07) is 14.5. The summed E-state index contributed by atoms with van der Waals surface area (Å²) in [5.41, 5.74) is 3.22. The Hall–Kier alpha value is -2.40. The fraction of sp³-hybridized carbons (Fsp3) is 0.350. The number of hydrogen-bond donors (Lipinski definition) is 1. The second-order valence-corrected chi connectivity index (χ2v) is 6.17. The maximum atomic E-state index is 12.9. The summed E-state index contributed by atoms with van der Waals surface area (Å²) >= 11 is 0. The highest BCUT2D eigenvalue weighted by Gasteiger charge is 2.10. The molecule has 0 aliphatic carbocycles. The first-order valence-corrected chi connectivity index (χ1v) is 8.63. The van der Waals surface area contributed by atoms with Crippen LogP contribution in [0.4, 0.5) is 10.1 Å². The topological polar surface area (TPSA) is 41.6 Å². The third-order valence-electron chi connectivity index (χ3n) is 4.33. The molecule has 0 saturated carbocycles. The molecular formula is C20H23FN2O2. The fourth-order valence-electron chi connectivity index (χ4n) is 2.89. The van der Waals surface area contributed by atoms with Crippen LogP contribution in [0.3, 0.4) is 0 Å². The number of nitrogens with one attached hydrogen (secondary N) is 1. The number of ether oxygens (including phenoxy) is 1. The van der Waals surface area contributed by atoms with E-state index in [0.717, 1.165) is 38.3 Å². The molecule has 0 radical (unpaired) electrons. The van der Waals surface area contributed by atoms with Crippen molar-refractivity contribution in [2.45, 2.75) is 12.8 Å². The number of carbonyl (C=O) groups excluding carboxylic acids is 1. The van der Waals surface area contributed by atoms with Gasteiger partial charge in [0.1, 0.15) is 5.82 Å². The fourth-order valence-corrected chi connectivity index (χ4v) is 2.89. The van der Waals surface area contributed by atoms with E-state index in [4.69, 9.17) is 4.74 Å². The average Bonchev–Trinajstić information content (AvgIpc) is 2.65. The van der Waals surface area contributed by atoms with Crippen molar-refractivity contribution >= 4 is 11.6 Å². The molecule has 5 heteroatoms. The molecule has 1 amide bonds. The molecule has 1 aliphatic heterocycles. The van der Waals surface area contributed by atoms with E-state index >= 15 is 0 Å². The second kappa shape index (κ2) is 8.62. The van der Waals surface area contributed by atoms with Gasteiger partial charge in [0.05, 0.1) is 19.6 Å². The van der Waals surface area contributed by atoms with Crippen molar-refractivity contribution in [1.82, 2.24) is 5.32 Å². The van der Waals surface area contributed by atoms with Crippen LogP contribution in [0, 0.1) is 5.82 Å². The van der Waals surface area contributed by atoms with Crippen LogP contribution in [0.1, 0.15) is 11.1 Å². The zero-order chi connectivity index (χ0) is 17.5. The molecule has 3 rings (SSSR count). The molecule has 1 heterocycles. The quantitative estimate of drug-likeness (QED) is 0.877. The number of rotatable bonds is 6. The Balaban J connectivity index is 1.42. The minimum absolute atomic E-state index is 0.0449. The Morgan fingerprint density at radius 2 is 1.64 bits per heavy atom. The standard InChI is InChI=1S/C20H23FN2O2/c21-18-5-1-17(2-6-18)15-20(24)22-10-9-16-3-7-19(8-4-16)23-11-13-25-14-12-23/h1-8H,9-15H2,(H,22,24). The van der Waals surface area contributed by atoms with Crippen LogP contribution < -0.4 is 10.2 Å². The Labute approximate surface area is 147 Å². The first-order chi connectivity index (χ1) is 12.2. The lowest BCUT2D eigenvalue weighted by molar-refractivity contribution is -0.120. The van der Waals surface area contributed by atoms with Gasteiger partial charge in [0.2, 0.25) is 5.91 Å². The Kier molecular flexibility index (Phi) is 6.01. The molecule has 0 spiro atoms. The van der Waals surface area contributed by atoms with Gasteiger partial charge in [-0.15, -0.1) is 0 Å². The number of benzene rings is 2. The van der Waals surface area contributed by atoms with Gasteiger partial charge in [-0.2, -0.15) is 0 Å². The highest BCUT2D eigenvalue weighted by molar-refractivity contribution is 5.78. The van der Waals surface area contributed by atoms with E-state index < -0.39 is 0 Å². The van der Waals surface area contributed by atoms with Crippen LogP contribution in [-0.2, 0) is 22.4 Å². The minimum atomic E-state index is -0.287. The van der Waals surface area contributed by atoms with Gasteiger partial charge in [0.25, 0.3) is 0 Å². The monoisotopic (exact) mass is 342 g/mol. The van der Waals surface area contributed by atoms with Crippen molar-refractivity contribution in [3.05, 3.63) is 65.5 Å². The summed E-state index contributed by atoms with van der Waals surface area (Å²) < 4.78 is 18.2. The summed E-state index contributed by atoms with van der Waals surface area (Å²) in [6.45, 7) is 4.01. The van der Waals surface area contributed by atoms with Crippen LogP contribution in [0.25, 0.3) is 0 Å². The van der Waals surface area contributed by atoms with E-state index in [2.05, 4.69) is 34.5 Å². The summed E-state index contributed by atoms with van der Waals surface area (Å²) in [5, 5.41) is 2.91. The van der Waals surface area contributed by atoms with Gasteiger partial charge in [-0.1, -0.05) is 24.3 Å². The number of halogens is 1. The summed E-state index contributed by atoms with van der Waals surface area (Å²) in [7, 11) is 0. The number of nitrogens with zero attached hydrogens (tertiary/aromatic N) is 1. The van der Waals surface area contributed by atoms with E-state index in [1.807, 2.05) is 0 Å². The van der Waals surface area contributed by atoms with Crippen LogP contribution in [-0.4, -0.2) is 38.8 Å². The van der Waals surface area contributed by atoms with E-state index in [-0.39, 0.29) is 18.1 Å². The van der Waals surface area contributed by atoms with E-state index in [0.29, 0.717) is 6.54 Å². The second-order valence-electron chi connectivity index (χ2n) is 6.17. The molecule has 1 saturated heterocycles. The largest absolute Gasteiger partial charge is 0.378 e. The van der Waals surface area contributed by atoms with Gasteiger partial charge >= 0.3 is 0 Å². The summed E-state index contributed by atoms with van der Waals surface area (Å²) in [4.78, 5) is 14.2. The number of anilines is 1. The van der Waals surface area contributed by atoms with E-state index in [1.165, 1.54) is 23.4 Å². The number of carbonyl (C=O) groups is 1. The lowest BCUT2D eigenvalue weighted by Crippen LogP contribution is -2.36. The average molecular weight is 342 g/mol. The lowest BCUT2D eigenvalue weighted by atomic mass is 10.1. The molecule has 132 valence electrons. The van der Waals surface area contributed by atoms with Crippen LogP contribution in [0.5, 0.6) is 0 Å². The zero-order valence-electron chi connectivity index (χ0n) is 14.2. The molecular weight excluding hydrogens is 319 g/mol.